The summed E-state index contributed by atoms with van der Waals surface area (Å²) in [4.78, 5) is 45.6. The Labute approximate surface area is 173 Å². The minimum Gasteiger partial charge on any atom is -0.333 e. The largest absolute Gasteiger partial charge is 0.333 e. The molecule has 0 saturated carbocycles. The lowest BCUT2D eigenvalue weighted by molar-refractivity contribution is -0.134. The maximum atomic E-state index is 13.0. The lowest BCUT2D eigenvalue weighted by atomic mass is 10.0. The van der Waals surface area contributed by atoms with Gasteiger partial charge in [-0.2, -0.15) is 0 Å². The van der Waals surface area contributed by atoms with Gasteiger partial charge in [-0.1, -0.05) is 18.2 Å². The zero-order valence-electron chi connectivity index (χ0n) is 15.7. The van der Waals surface area contributed by atoms with Crippen LogP contribution in [0.2, 0.25) is 0 Å². The summed E-state index contributed by atoms with van der Waals surface area (Å²) in [6.45, 7) is 2.20. The number of aryl methyl sites for hydroxylation is 1. The number of piperazine rings is 1. The second-order valence-corrected chi connectivity index (χ2v) is 6.77. The van der Waals surface area contributed by atoms with Gasteiger partial charge < -0.3 is 10.2 Å². The Bertz CT molecular complexity index is 1110. The third-order valence-electron chi connectivity index (χ3n) is 5.09. The third-order valence-corrected chi connectivity index (χ3v) is 5.09. The van der Waals surface area contributed by atoms with Crippen molar-refractivity contribution in [3.05, 3.63) is 75.2 Å². The van der Waals surface area contributed by atoms with Crippen molar-refractivity contribution in [3.8, 4) is 0 Å². The fraction of sp³-hybridized carbons (Fsp3) is 0.300. The molecule has 1 saturated heterocycles. The summed E-state index contributed by atoms with van der Waals surface area (Å²) < 4.78 is 1.45. The normalized spacial score (nSPS) is 16.4. The maximum absolute atomic E-state index is 13.0. The summed E-state index contributed by atoms with van der Waals surface area (Å²) in [5, 5.41) is 3.75. The quantitative estimate of drug-likeness (QED) is 0.664. The van der Waals surface area contributed by atoms with Crippen molar-refractivity contribution in [3.63, 3.8) is 0 Å². The molecule has 9 heteroatoms. The molecular weight excluding hydrogens is 394 g/mol. The molecule has 3 heterocycles. The standard InChI is InChI=1S/C20H21N5O3.ClH/c26-18(24-11-9-22-13-17(24)14-4-3-8-21-12-14)7-10-25-16-6-2-1-5-15(16)19(27)23-20(25)28;/h1-6,8,12,17,22H,7,9-11,13H2,(H,23,27,28);1H. The average molecular weight is 416 g/mol. The number of halogens is 1. The van der Waals surface area contributed by atoms with E-state index in [9.17, 15) is 14.4 Å². The van der Waals surface area contributed by atoms with Crippen LogP contribution in [0.15, 0.2) is 58.4 Å². The van der Waals surface area contributed by atoms with E-state index in [1.807, 2.05) is 17.0 Å². The highest BCUT2D eigenvalue weighted by atomic mass is 35.5. The molecule has 2 aromatic heterocycles. The van der Waals surface area contributed by atoms with Gasteiger partial charge in [0, 0.05) is 45.0 Å². The van der Waals surface area contributed by atoms with Gasteiger partial charge in [-0.05, 0) is 23.8 Å². The van der Waals surface area contributed by atoms with Gasteiger partial charge in [0.1, 0.15) is 0 Å². The molecule has 0 radical (unpaired) electrons. The topological polar surface area (TPSA) is 100 Å². The van der Waals surface area contributed by atoms with Crippen LogP contribution in [0.4, 0.5) is 0 Å². The number of H-pyrrole nitrogens is 1. The summed E-state index contributed by atoms with van der Waals surface area (Å²) in [5.74, 6) is -0.0301. The summed E-state index contributed by atoms with van der Waals surface area (Å²) in [6.07, 6.45) is 3.66. The fourth-order valence-electron chi connectivity index (χ4n) is 3.69. The van der Waals surface area contributed by atoms with Crippen molar-refractivity contribution in [1.29, 1.82) is 0 Å². The van der Waals surface area contributed by atoms with Crippen LogP contribution in [-0.2, 0) is 11.3 Å². The zero-order chi connectivity index (χ0) is 19.5. The third kappa shape index (κ3) is 4.23. The number of carbonyl (C=O) groups excluding carboxylic acids is 1. The fourth-order valence-corrected chi connectivity index (χ4v) is 3.69. The minimum atomic E-state index is -0.499. The van der Waals surface area contributed by atoms with Crippen LogP contribution >= 0.6 is 12.4 Å². The molecule has 152 valence electrons. The minimum absolute atomic E-state index is 0. The van der Waals surface area contributed by atoms with Crippen LogP contribution in [0.5, 0.6) is 0 Å². The van der Waals surface area contributed by atoms with Crippen molar-refractivity contribution in [2.24, 2.45) is 0 Å². The highest BCUT2D eigenvalue weighted by Gasteiger charge is 2.27. The van der Waals surface area contributed by atoms with Gasteiger partial charge in [0.05, 0.1) is 16.9 Å². The van der Waals surface area contributed by atoms with Crippen molar-refractivity contribution >= 4 is 29.2 Å². The summed E-state index contributed by atoms with van der Waals surface area (Å²) in [5.41, 5.74) is 0.602. The molecule has 29 heavy (non-hydrogen) atoms. The molecule has 0 aliphatic carbocycles. The number of aromatic nitrogens is 3. The number of hydrogen-bond donors (Lipinski definition) is 2. The number of nitrogens with zero attached hydrogens (tertiary/aromatic N) is 3. The van der Waals surface area contributed by atoms with E-state index in [0.29, 0.717) is 24.0 Å². The molecule has 1 atom stereocenters. The van der Waals surface area contributed by atoms with Crippen LogP contribution < -0.4 is 16.6 Å². The predicted octanol–water partition coefficient (Wildman–Crippen LogP) is 1.07. The van der Waals surface area contributed by atoms with Gasteiger partial charge in [0.25, 0.3) is 5.56 Å². The van der Waals surface area contributed by atoms with Gasteiger partial charge in [0.15, 0.2) is 0 Å². The first-order chi connectivity index (χ1) is 13.6. The molecule has 8 nitrogen and oxygen atoms in total. The van der Waals surface area contributed by atoms with Crippen LogP contribution in [0, 0.1) is 0 Å². The first-order valence-electron chi connectivity index (χ1n) is 9.27. The van der Waals surface area contributed by atoms with Crippen LogP contribution in [0.1, 0.15) is 18.0 Å². The number of amides is 1. The SMILES string of the molecule is Cl.O=C(CCn1c(=O)[nH]c(=O)c2ccccc21)N1CCNCC1c1cccnc1. The predicted molar refractivity (Wildman–Crippen MR) is 112 cm³/mol. The van der Waals surface area contributed by atoms with Crippen molar-refractivity contribution in [2.75, 3.05) is 19.6 Å². The Morgan fingerprint density at radius 3 is 2.79 bits per heavy atom. The van der Waals surface area contributed by atoms with Gasteiger partial charge in [-0.15, -0.1) is 12.4 Å². The van der Waals surface area contributed by atoms with Gasteiger partial charge in [-0.25, -0.2) is 4.79 Å². The molecule has 1 aliphatic heterocycles. The Balaban J connectivity index is 0.00000240. The van der Waals surface area contributed by atoms with E-state index in [-0.39, 0.29) is 37.3 Å². The lowest BCUT2D eigenvalue weighted by Crippen LogP contribution is -2.49. The highest BCUT2D eigenvalue weighted by molar-refractivity contribution is 5.85. The van der Waals surface area contributed by atoms with Crippen molar-refractivity contribution in [1.82, 2.24) is 24.8 Å². The molecule has 1 aliphatic rings. The Hall–Kier alpha value is -2.97. The van der Waals surface area contributed by atoms with E-state index >= 15 is 0 Å². The van der Waals surface area contributed by atoms with Crippen molar-refractivity contribution < 1.29 is 4.79 Å². The number of hydrogen-bond acceptors (Lipinski definition) is 5. The highest BCUT2D eigenvalue weighted by Crippen LogP contribution is 2.22. The lowest BCUT2D eigenvalue weighted by Gasteiger charge is -2.36. The van der Waals surface area contributed by atoms with E-state index in [4.69, 9.17) is 0 Å². The Morgan fingerprint density at radius 1 is 1.17 bits per heavy atom. The van der Waals surface area contributed by atoms with E-state index in [1.165, 1.54) is 4.57 Å². The number of fused-ring (bicyclic) bond motifs is 1. The molecule has 3 aromatic rings. The molecule has 2 N–H and O–H groups in total. The molecule has 0 bridgehead atoms. The number of carbonyl (C=O) groups is 1. The van der Waals surface area contributed by atoms with Gasteiger partial charge in [-0.3, -0.25) is 24.1 Å². The number of rotatable bonds is 4. The Kier molecular flexibility index (Phi) is 6.46. The molecule has 1 fully saturated rings. The Morgan fingerprint density at radius 2 is 2.00 bits per heavy atom. The monoisotopic (exact) mass is 415 g/mol. The summed E-state index contributed by atoms with van der Waals surface area (Å²) in [6, 6.07) is 10.6. The van der Waals surface area contributed by atoms with Crippen molar-refractivity contribution in [2.45, 2.75) is 19.0 Å². The number of nitrogens with one attached hydrogen (secondary N) is 2. The summed E-state index contributed by atoms with van der Waals surface area (Å²) in [7, 11) is 0. The second-order valence-electron chi connectivity index (χ2n) is 6.77. The first kappa shape index (κ1) is 20.8. The van der Waals surface area contributed by atoms with Gasteiger partial charge in [0.2, 0.25) is 5.91 Å². The van der Waals surface area contributed by atoms with Crippen LogP contribution in [0.3, 0.4) is 0 Å². The molecule has 1 amide bonds. The van der Waals surface area contributed by atoms with Crippen LogP contribution in [0.25, 0.3) is 10.9 Å². The zero-order valence-corrected chi connectivity index (χ0v) is 16.5. The maximum Gasteiger partial charge on any atom is 0.328 e. The molecule has 0 spiro atoms. The van der Waals surface area contributed by atoms with Gasteiger partial charge >= 0.3 is 5.69 Å². The molecule has 4 rings (SSSR count). The smallest absolute Gasteiger partial charge is 0.328 e. The van der Waals surface area contributed by atoms with E-state index < -0.39 is 11.2 Å². The second kappa shape index (κ2) is 9.02. The van der Waals surface area contributed by atoms with E-state index in [2.05, 4.69) is 15.3 Å². The van der Waals surface area contributed by atoms with Crippen LogP contribution in [-0.4, -0.2) is 45.0 Å². The summed E-state index contributed by atoms with van der Waals surface area (Å²) >= 11 is 0. The number of para-hydroxylation sites is 1. The molecule has 1 unspecified atom stereocenters. The molecule has 1 aromatic carbocycles. The number of aromatic amines is 1. The molecular formula is C20H22ClN5O3. The number of benzene rings is 1. The average Bonchev–Trinajstić information content (AvgIpc) is 2.74. The van der Waals surface area contributed by atoms with E-state index in [0.717, 1.165) is 12.1 Å². The first-order valence-corrected chi connectivity index (χ1v) is 9.27. The number of pyridine rings is 1. The van der Waals surface area contributed by atoms with E-state index in [1.54, 1.807) is 36.7 Å².